The van der Waals surface area contributed by atoms with E-state index in [4.69, 9.17) is 0 Å². The topological polar surface area (TPSA) is 38.0 Å². The van der Waals surface area contributed by atoms with Gasteiger partial charge in [-0.3, -0.25) is 4.68 Å². The fourth-order valence-electron chi connectivity index (χ4n) is 2.49. The predicted octanol–water partition coefficient (Wildman–Crippen LogP) is 3.37. The maximum Gasteiger partial charge on any atom is 0.0766 e. The van der Waals surface area contributed by atoms with Crippen molar-refractivity contribution in [2.24, 2.45) is 7.05 Å². The lowest BCUT2D eigenvalue weighted by Gasteiger charge is -2.16. The van der Waals surface area contributed by atoms with Crippen LogP contribution in [0.15, 0.2) is 28.7 Å². The summed E-state index contributed by atoms with van der Waals surface area (Å²) < 4.78 is 3.00. The molecule has 0 aliphatic carbocycles. The summed E-state index contributed by atoms with van der Waals surface area (Å²) in [5, 5.41) is 14.2. The van der Waals surface area contributed by atoms with Crippen LogP contribution in [-0.4, -0.2) is 21.5 Å². The summed E-state index contributed by atoms with van der Waals surface area (Å²) in [4.78, 5) is 0. The summed E-state index contributed by atoms with van der Waals surface area (Å²) in [5.74, 6) is 0.103. The van der Waals surface area contributed by atoms with E-state index in [0.717, 1.165) is 28.7 Å². The first-order valence-corrected chi connectivity index (χ1v) is 7.73. The second-order valence-corrected chi connectivity index (χ2v) is 5.98. The summed E-state index contributed by atoms with van der Waals surface area (Å²) in [6.07, 6.45) is 1.69. The first kappa shape index (κ1) is 15.3. The minimum atomic E-state index is 0.103. The number of aliphatic hydroxyl groups excluding tert-OH is 1. The number of aromatic nitrogens is 2. The van der Waals surface area contributed by atoms with Gasteiger partial charge in [-0.2, -0.15) is 5.10 Å². The normalized spacial score (nSPS) is 12.7. The Bertz CT molecular complexity index is 592. The van der Waals surface area contributed by atoms with Gasteiger partial charge in [0.25, 0.3) is 0 Å². The van der Waals surface area contributed by atoms with E-state index in [-0.39, 0.29) is 12.5 Å². The van der Waals surface area contributed by atoms with Crippen molar-refractivity contribution in [3.8, 4) is 0 Å². The Labute approximate surface area is 128 Å². The Balaban J connectivity index is 2.29. The average molecular weight is 337 g/mol. The second-order valence-electron chi connectivity index (χ2n) is 5.18. The van der Waals surface area contributed by atoms with Crippen LogP contribution in [-0.2, 0) is 19.9 Å². The summed E-state index contributed by atoms with van der Waals surface area (Å²) in [7, 11) is 1.96. The van der Waals surface area contributed by atoms with Crippen molar-refractivity contribution in [3.63, 3.8) is 0 Å². The van der Waals surface area contributed by atoms with Crippen molar-refractivity contribution in [1.29, 1.82) is 0 Å². The highest BCUT2D eigenvalue weighted by Crippen LogP contribution is 2.28. The van der Waals surface area contributed by atoms with E-state index >= 15 is 0 Å². The highest BCUT2D eigenvalue weighted by atomic mass is 79.9. The van der Waals surface area contributed by atoms with Gasteiger partial charge in [-0.05, 0) is 41.3 Å². The van der Waals surface area contributed by atoms with Crippen LogP contribution in [0.5, 0.6) is 0 Å². The van der Waals surface area contributed by atoms with Gasteiger partial charge in [-0.1, -0.05) is 36.8 Å². The Morgan fingerprint density at radius 1 is 1.40 bits per heavy atom. The summed E-state index contributed by atoms with van der Waals surface area (Å²) in [6.45, 7) is 4.32. The Kier molecular flexibility index (Phi) is 5.00. The van der Waals surface area contributed by atoms with Crippen LogP contribution in [0, 0.1) is 6.92 Å². The van der Waals surface area contributed by atoms with Crippen LogP contribution in [0.1, 0.15) is 35.4 Å². The zero-order valence-corrected chi connectivity index (χ0v) is 13.8. The van der Waals surface area contributed by atoms with Crippen LogP contribution < -0.4 is 0 Å². The number of benzene rings is 1. The van der Waals surface area contributed by atoms with Crippen LogP contribution >= 0.6 is 15.9 Å². The Morgan fingerprint density at radius 3 is 2.70 bits per heavy atom. The molecule has 3 nitrogen and oxygen atoms in total. The van der Waals surface area contributed by atoms with Gasteiger partial charge in [0.1, 0.15) is 0 Å². The smallest absolute Gasteiger partial charge is 0.0766 e. The van der Waals surface area contributed by atoms with Gasteiger partial charge < -0.3 is 5.11 Å². The fourth-order valence-corrected chi connectivity index (χ4v) is 3.26. The van der Waals surface area contributed by atoms with Crippen molar-refractivity contribution in [2.75, 3.05) is 6.61 Å². The number of rotatable bonds is 5. The van der Waals surface area contributed by atoms with E-state index in [9.17, 15) is 5.11 Å². The molecule has 0 aliphatic rings. The van der Waals surface area contributed by atoms with Crippen LogP contribution in [0.2, 0.25) is 0 Å². The first-order valence-electron chi connectivity index (χ1n) is 6.94. The maximum absolute atomic E-state index is 9.73. The molecule has 2 rings (SSSR count). The van der Waals surface area contributed by atoms with Gasteiger partial charge in [0.05, 0.1) is 22.5 Å². The molecule has 0 saturated carbocycles. The average Bonchev–Trinajstić information content (AvgIpc) is 2.71. The van der Waals surface area contributed by atoms with Crippen LogP contribution in [0.4, 0.5) is 0 Å². The zero-order chi connectivity index (χ0) is 14.7. The maximum atomic E-state index is 9.73. The molecule has 1 atom stereocenters. The molecule has 108 valence electrons. The molecule has 0 bridgehead atoms. The molecule has 1 unspecified atom stereocenters. The van der Waals surface area contributed by atoms with Gasteiger partial charge in [0.15, 0.2) is 0 Å². The molecule has 0 fully saturated rings. The third-order valence-electron chi connectivity index (χ3n) is 3.68. The van der Waals surface area contributed by atoms with E-state index in [2.05, 4.69) is 53.1 Å². The third-order valence-corrected chi connectivity index (χ3v) is 4.59. The Morgan fingerprint density at radius 2 is 2.15 bits per heavy atom. The summed E-state index contributed by atoms with van der Waals surface area (Å²) >= 11 is 3.64. The molecule has 20 heavy (non-hydrogen) atoms. The van der Waals surface area contributed by atoms with Gasteiger partial charge in [0, 0.05) is 13.0 Å². The molecule has 1 aromatic heterocycles. The molecule has 0 aliphatic heterocycles. The number of halogens is 1. The summed E-state index contributed by atoms with van der Waals surface area (Å²) in [5.41, 5.74) is 4.61. The molecule has 0 amide bonds. The minimum Gasteiger partial charge on any atom is -0.396 e. The fraction of sp³-hybridized carbons (Fsp3) is 0.438. The lowest BCUT2D eigenvalue weighted by atomic mass is 9.93. The van der Waals surface area contributed by atoms with Crippen molar-refractivity contribution in [3.05, 3.63) is 51.3 Å². The van der Waals surface area contributed by atoms with Crippen molar-refractivity contribution in [2.45, 2.75) is 32.6 Å². The molecular weight excluding hydrogens is 316 g/mol. The van der Waals surface area contributed by atoms with Gasteiger partial charge in [0.2, 0.25) is 0 Å². The molecule has 0 saturated heterocycles. The van der Waals surface area contributed by atoms with Gasteiger partial charge in [-0.25, -0.2) is 0 Å². The molecular formula is C16H21BrN2O. The molecule has 2 aromatic rings. The SMILES string of the molecule is CCc1nn(C)c(CC(CO)c2cccc(C)c2)c1Br. The highest BCUT2D eigenvalue weighted by molar-refractivity contribution is 9.10. The van der Waals surface area contributed by atoms with Crippen LogP contribution in [0.25, 0.3) is 0 Å². The highest BCUT2D eigenvalue weighted by Gasteiger charge is 2.18. The minimum absolute atomic E-state index is 0.103. The van der Waals surface area contributed by atoms with Crippen LogP contribution in [0.3, 0.4) is 0 Å². The third kappa shape index (κ3) is 3.13. The number of nitrogens with zero attached hydrogens (tertiary/aromatic N) is 2. The molecule has 1 heterocycles. The van der Waals surface area contributed by atoms with Gasteiger partial charge in [-0.15, -0.1) is 0 Å². The Hall–Kier alpha value is -1.13. The predicted molar refractivity (Wildman–Crippen MR) is 85.0 cm³/mol. The van der Waals surface area contributed by atoms with Gasteiger partial charge >= 0.3 is 0 Å². The van der Waals surface area contributed by atoms with E-state index < -0.39 is 0 Å². The largest absolute Gasteiger partial charge is 0.396 e. The number of aryl methyl sites for hydroxylation is 3. The second kappa shape index (κ2) is 6.55. The van der Waals surface area contributed by atoms with E-state index in [1.54, 1.807) is 0 Å². The van der Waals surface area contributed by atoms with Crippen molar-refractivity contribution in [1.82, 2.24) is 9.78 Å². The molecule has 1 aromatic carbocycles. The van der Waals surface area contributed by atoms with Crippen molar-refractivity contribution < 1.29 is 5.11 Å². The van der Waals surface area contributed by atoms with E-state index in [0.29, 0.717) is 0 Å². The number of hydrogen-bond donors (Lipinski definition) is 1. The zero-order valence-electron chi connectivity index (χ0n) is 12.2. The van der Waals surface area contributed by atoms with E-state index in [1.165, 1.54) is 11.1 Å². The summed E-state index contributed by atoms with van der Waals surface area (Å²) in [6, 6.07) is 8.35. The quantitative estimate of drug-likeness (QED) is 0.908. The molecule has 0 spiro atoms. The lowest BCUT2D eigenvalue weighted by Crippen LogP contribution is -2.11. The standard InChI is InChI=1S/C16H21BrN2O/c1-4-14-16(17)15(19(3)18-14)9-13(10-20)12-7-5-6-11(2)8-12/h5-8,13,20H,4,9-10H2,1-3H3. The lowest BCUT2D eigenvalue weighted by molar-refractivity contribution is 0.263. The van der Waals surface area contributed by atoms with E-state index in [1.807, 2.05) is 17.8 Å². The monoisotopic (exact) mass is 336 g/mol. The van der Waals surface area contributed by atoms with Crippen molar-refractivity contribution >= 4 is 15.9 Å². The first-order chi connectivity index (χ1) is 9.56. The molecule has 4 heteroatoms. The number of aliphatic hydroxyl groups is 1. The molecule has 0 radical (unpaired) electrons. The number of hydrogen-bond acceptors (Lipinski definition) is 2. The molecule has 1 N–H and O–H groups in total.